The number of nitrogens with one attached hydrogen (secondary N) is 2. The molecule has 0 radical (unpaired) electrons. The summed E-state index contributed by atoms with van der Waals surface area (Å²) in [6.07, 6.45) is 0.749. The van der Waals surface area contributed by atoms with Crippen LogP contribution in [0.25, 0.3) is 0 Å². The normalized spacial score (nSPS) is 12.5. The number of H-pyrrole nitrogens is 1. The Bertz CT molecular complexity index is 244. The number of carbonyl (C=O) groups is 1. The highest BCUT2D eigenvalue weighted by Gasteiger charge is 2.13. The van der Waals surface area contributed by atoms with Crippen LogP contribution in [0.5, 0.6) is 0 Å². The number of amides is 1. The molecule has 66 valence electrons. The average molecular weight is 169 g/mol. The maximum absolute atomic E-state index is 10.7. The summed E-state index contributed by atoms with van der Waals surface area (Å²) in [6.45, 7) is 3.40. The Labute approximate surface area is 69.7 Å². The fourth-order valence-corrected chi connectivity index (χ4v) is 0.912. The first-order valence-electron chi connectivity index (χ1n) is 3.74. The molecule has 1 rings (SSSR count). The van der Waals surface area contributed by atoms with E-state index in [9.17, 15) is 4.79 Å². The van der Waals surface area contributed by atoms with E-state index >= 15 is 0 Å². The van der Waals surface area contributed by atoms with Gasteiger partial charge in [-0.15, -0.1) is 10.2 Å². The van der Waals surface area contributed by atoms with E-state index in [2.05, 4.69) is 25.9 Å². The second-order valence-corrected chi connectivity index (χ2v) is 2.43. The summed E-state index contributed by atoms with van der Waals surface area (Å²) in [5, 5.41) is 16.0. The van der Waals surface area contributed by atoms with Crippen LogP contribution in [0.4, 0.5) is 0 Å². The smallest absolute Gasteiger partial charge is 0.217 e. The molecule has 0 aliphatic carbocycles. The van der Waals surface area contributed by atoms with Crippen LogP contribution in [0, 0.1) is 0 Å². The first kappa shape index (κ1) is 8.63. The molecule has 1 heterocycles. The van der Waals surface area contributed by atoms with Crippen molar-refractivity contribution in [3.63, 3.8) is 0 Å². The van der Waals surface area contributed by atoms with Crippen LogP contribution in [0.1, 0.15) is 32.1 Å². The Morgan fingerprint density at radius 1 is 1.75 bits per heavy atom. The molecule has 0 aromatic carbocycles. The minimum absolute atomic E-state index is 0.0911. The third kappa shape index (κ3) is 2.01. The molecule has 0 saturated carbocycles. The molecule has 12 heavy (non-hydrogen) atoms. The van der Waals surface area contributed by atoms with Crippen molar-refractivity contribution in [3.8, 4) is 0 Å². The molecule has 1 aromatic heterocycles. The summed E-state index contributed by atoms with van der Waals surface area (Å²) in [4.78, 5) is 10.7. The topological polar surface area (TPSA) is 83.6 Å². The Morgan fingerprint density at radius 3 is 2.92 bits per heavy atom. The lowest BCUT2D eigenvalue weighted by molar-refractivity contribution is -0.119. The number of rotatable bonds is 3. The Balaban J connectivity index is 2.63. The Hall–Kier alpha value is -1.46. The first-order valence-corrected chi connectivity index (χ1v) is 3.74. The molecule has 0 aliphatic rings. The van der Waals surface area contributed by atoms with E-state index in [1.54, 1.807) is 0 Å². The lowest BCUT2D eigenvalue weighted by atomic mass is 10.2. The van der Waals surface area contributed by atoms with Crippen molar-refractivity contribution in [3.05, 3.63) is 5.82 Å². The van der Waals surface area contributed by atoms with Gasteiger partial charge >= 0.3 is 0 Å². The molecule has 1 amide bonds. The van der Waals surface area contributed by atoms with Gasteiger partial charge in [-0.3, -0.25) is 4.79 Å². The monoisotopic (exact) mass is 169 g/mol. The number of nitrogens with zero attached hydrogens (tertiary/aromatic N) is 3. The maximum atomic E-state index is 10.7. The standard InChI is InChI=1S/C6H11N5O/c1-3-5(7-4(2)12)6-8-10-11-9-6/h5H,3H2,1-2H3,(H,7,12)(H,8,9,10,11). The van der Waals surface area contributed by atoms with E-state index in [0.717, 1.165) is 6.42 Å². The SMILES string of the molecule is CCC(NC(C)=O)c1nn[nH]n1. The number of carbonyl (C=O) groups excluding carboxylic acids is 1. The lowest BCUT2D eigenvalue weighted by Gasteiger charge is -2.10. The molecular formula is C6H11N5O. The fourth-order valence-electron chi connectivity index (χ4n) is 0.912. The van der Waals surface area contributed by atoms with Gasteiger partial charge in [-0.2, -0.15) is 5.21 Å². The maximum Gasteiger partial charge on any atom is 0.217 e. The quantitative estimate of drug-likeness (QED) is 0.655. The fraction of sp³-hybridized carbons (Fsp3) is 0.667. The van der Waals surface area contributed by atoms with Crippen molar-refractivity contribution >= 4 is 5.91 Å². The predicted octanol–water partition coefficient (Wildman–Crippen LogP) is -0.213. The summed E-state index contributed by atoms with van der Waals surface area (Å²) in [5.41, 5.74) is 0. The first-order chi connectivity index (χ1) is 5.74. The van der Waals surface area contributed by atoms with Crippen molar-refractivity contribution in [1.29, 1.82) is 0 Å². The second-order valence-electron chi connectivity index (χ2n) is 2.43. The van der Waals surface area contributed by atoms with Gasteiger partial charge in [0.1, 0.15) is 0 Å². The number of hydrogen-bond donors (Lipinski definition) is 2. The molecule has 1 atom stereocenters. The van der Waals surface area contributed by atoms with Crippen molar-refractivity contribution in [2.75, 3.05) is 0 Å². The summed E-state index contributed by atoms with van der Waals surface area (Å²) < 4.78 is 0. The van der Waals surface area contributed by atoms with Gasteiger partial charge in [0.2, 0.25) is 5.91 Å². The highest BCUT2D eigenvalue weighted by atomic mass is 16.1. The average Bonchev–Trinajstić information content (AvgIpc) is 2.51. The van der Waals surface area contributed by atoms with Gasteiger partial charge in [-0.25, -0.2) is 0 Å². The molecule has 2 N–H and O–H groups in total. The van der Waals surface area contributed by atoms with Crippen LogP contribution >= 0.6 is 0 Å². The van der Waals surface area contributed by atoms with E-state index in [-0.39, 0.29) is 11.9 Å². The van der Waals surface area contributed by atoms with Crippen LogP contribution in [0.2, 0.25) is 0 Å². The molecule has 6 nitrogen and oxygen atoms in total. The molecule has 0 aliphatic heterocycles. The van der Waals surface area contributed by atoms with E-state index in [0.29, 0.717) is 5.82 Å². The number of aromatic amines is 1. The third-order valence-corrected chi connectivity index (χ3v) is 1.46. The van der Waals surface area contributed by atoms with E-state index in [1.165, 1.54) is 6.92 Å². The Kier molecular flexibility index (Phi) is 2.73. The molecule has 0 spiro atoms. The summed E-state index contributed by atoms with van der Waals surface area (Å²) in [6, 6.07) is -0.138. The number of hydrogen-bond acceptors (Lipinski definition) is 4. The summed E-state index contributed by atoms with van der Waals surface area (Å²) >= 11 is 0. The van der Waals surface area contributed by atoms with Gasteiger partial charge in [0.15, 0.2) is 5.82 Å². The van der Waals surface area contributed by atoms with Crippen molar-refractivity contribution in [1.82, 2.24) is 25.9 Å². The van der Waals surface area contributed by atoms with Crippen LogP contribution in [0.15, 0.2) is 0 Å². The zero-order valence-electron chi connectivity index (χ0n) is 7.03. The molecular weight excluding hydrogens is 158 g/mol. The summed E-state index contributed by atoms with van der Waals surface area (Å²) in [7, 11) is 0. The zero-order chi connectivity index (χ0) is 8.97. The van der Waals surface area contributed by atoms with E-state index in [4.69, 9.17) is 0 Å². The van der Waals surface area contributed by atoms with Gasteiger partial charge in [0.05, 0.1) is 6.04 Å². The van der Waals surface area contributed by atoms with Gasteiger partial charge < -0.3 is 5.32 Å². The van der Waals surface area contributed by atoms with E-state index in [1.807, 2.05) is 6.92 Å². The second kappa shape index (κ2) is 3.80. The van der Waals surface area contributed by atoms with Gasteiger partial charge in [-0.1, -0.05) is 12.1 Å². The molecule has 0 saturated heterocycles. The van der Waals surface area contributed by atoms with Crippen LogP contribution in [-0.4, -0.2) is 26.5 Å². The molecule has 0 fully saturated rings. The van der Waals surface area contributed by atoms with Gasteiger partial charge in [0, 0.05) is 6.92 Å². The van der Waals surface area contributed by atoms with Crippen molar-refractivity contribution in [2.45, 2.75) is 26.3 Å². The Morgan fingerprint density at radius 2 is 2.50 bits per heavy atom. The van der Waals surface area contributed by atoms with Crippen LogP contribution < -0.4 is 5.32 Å². The minimum Gasteiger partial charge on any atom is -0.346 e. The molecule has 0 bridgehead atoms. The van der Waals surface area contributed by atoms with Gasteiger partial charge in [-0.05, 0) is 6.42 Å². The molecule has 1 aromatic rings. The molecule has 6 heteroatoms. The number of tetrazole rings is 1. The number of aromatic nitrogens is 4. The zero-order valence-corrected chi connectivity index (χ0v) is 7.03. The minimum atomic E-state index is -0.138. The highest BCUT2D eigenvalue weighted by molar-refractivity contribution is 5.73. The lowest BCUT2D eigenvalue weighted by Crippen LogP contribution is -2.26. The largest absolute Gasteiger partial charge is 0.346 e. The van der Waals surface area contributed by atoms with Crippen molar-refractivity contribution < 1.29 is 4.79 Å². The van der Waals surface area contributed by atoms with Crippen molar-refractivity contribution in [2.24, 2.45) is 0 Å². The van der Waals surface area contributed by atoms with Gasteiger partial charge in [0.25, 0.3) is 0 Å². The van der Waals surface area contributed by atoms with Crippen LogP contribution in [-0.2, 0) is 4.79 Å². The van der Waals surface area contributed by atoms with Crippen LogP contribution in [0.3, 0.4) is 0 Å². The third-order valence-electron chi connectivity index (χ3n) is 1.46. The summed E-state index contributed by atoms with van der Waals surface area (Å²) in [5.74, 6) is 0.430. The molecule has 1 unspecified atom stereocenters. The predicted molar refractivity (Wildman–Crippen MR) is 41.0 cm³/mol. The highest BCUT2D eigenvalue weighted by Crippen LogP contribution is 2.08. The van der Waals surface area contributed by atoms with E-state index < -0.39 is 0 Å².